The first-order valence-corrected chi connectivity index (χ1v) is 7.34. The molecule has 2 aromatic rings. The van der Waals surface area contributed by atoms with Gasteiger partial charge in [0.25, 0.3) is 0 Å². The van der Waals surface area contributed by atoms with Crippen molar-refractivity contribution in [1.29, 1.82) is 0 Å². The molecule has 0 aliphatic heterocycles. The molecule has 0 fully saturated rings. The van der Waals surface area contributed by atoms with Crippen molar-refractivity contribution in [2.75, 3.05) is 7.05 Å². The van der Waals surface area contributed by atoms with Crippen molar-refractivity contribution in [3.63, 3.8) is 0 Å². The summed E-state index contributed by atoms with van der Waals surface area (Å²) in [5.74, 6) is 0. The van der Waals surface area contributed by atoms with Gasteiger partial charge in [-0.3, -0.25) is 0 Å². The molecule has 0 atom stereocenters. The van der Waals surface area contributed by atoms with Crippen LogP contribution >= 0.6 is 12.2 Å². The van der Waals surface area contributed by atoms with Crippen LogP contribution in [0.5, 0.6) is 0 Å². The molecule has 0 unspecified atom stereocenters. The lowest BCUT2D eigenvalue weighted by Crippen LogP contribution is -2.32. The van der Waals surface area contributed by atoms with Gasteiger partial charge in [-0.15, -0.1) is 0 Å². The molecule has 0 bridgehead atoms. The first kappa shape index (κ1) is 15.5. The molecule has 0 amide bonds. The van der Waals surface area contributed by atoms with E-state index in [1.165, 1.54) is 16.7 Å². The molecule has 2 rings (SSSR count). The van der Waals surface area contributed by atoms with Crippen LogP contribution in [0.15, 0.2) is 54.6 Å². The van der Waals surface area contributed by atoms with Crippen LogP contribution in [0.25, 0.3) is 0 Å². The van der Waals surface area contributed by atoms with Crippen LogP contribution in [0, 0.1) is 0 Å². The fourth-order valence-electron chi connectivity index (χ4n) is 1.99. The first-order valence-electron chi connectivity index (χ1n) is 6.93. The van der Waals surface area contributed by atoms with Crippen LogP contribution in [0.2, 0.25) is 0 Å². The van der Waals surface area contributed by atoms with Crippen molar-refractivity contribution in [1.82, 2.24) is 10.6 Å². The highest BCUT2D eigenvalue weighted by molar-refractivity contribution is 7.80. The maximum atomic E-state index is 5.80. The molecular weight excluding hydrogens is 280 g/mol. The van der Waals surface area contributed by atoms with Gasteiger partial charge < -0.3 is 15.4 Å². The third kappa shape index (κ3) is 5.17. The van der Waals surface area contributed by atoms with E-state index in [0.717, 1.165) is 0 Å². The maximum absolute atomic E-state index is 5.80. The highest BCUT2D eigenvalue weighted by Gasteiger charge is 2.03. The van der Waals surface area contributed by atoms with Crippen LogP contribution in [0.3, 0.4) is 0 Å². The third-order valence-corrected chi connectivity index (χ3v) is 3.50. The van der Waals surface area contributed by atoms with Gasteiger partial charge in [-0.1, -0.05) is 54.6 Å². The molecule has 21 heavy (non-hydrogen) atoms. The van der Waals surface area contributed by atoms with Gasteiger partial charge in [0, 0.05) is 13.6 Å². The summed E-state index contributed by atoms with van der Waals surface area (Å²) in [6, 6.07) is 18.4. The predicted molar refractivity (Wildman–Crippen MR) is 89.9 cm³/mol. The quantitative estimate of drug-likeness (QED) is 0.804. The van der Waals surface area contributed by atoms with E-state index in [9.17, 15) is 0 Å². The van der Waals surface area contributed by atoms with Gasteiger partial charge in [0.2, 0.25) is 0 Å². The monoisotopic (exact) mass is 300 g/mol. The Morgan fingerprint density at radius 1 is 0.952 bits per heavy atom. The Morgan fingerprint density at radius 3 is 2.33 bits per heavy atom. The summed E-state index contributed by atoms with van der Waals surface area (Å²) in [5, 5.41) is 6.72. The van der Waals surface area contributed by atoms with Crippen LogP contribution in [0.4, 0.5) is 0 Å². The van der Waals surface area contributed by atoms with Gasteiger partial charge in [0.15, 0.2) is 5.11 Å². The zero-order valence-electron chi connectivity index (χ0n) is 12.1. The van der Waals surface area contributed by atoms with E-state index < -0.39 is 0 Å². The molecule has 0 spiro atoms. The lowest BCUT2D eigenvalue weighted by Gasteiger charge is -2.12. The van der Waals surface area contributed by atoms with Crippen LogP contribution < -0.4 is 10.6 Å². The van der Waals surface area contributed by atoms with Crippen molar-refractivity contribution >= 4 is 17.3 Å². The molecule has 0 aromatic heterocycles. The Balaban J connectivity index is 1.89. The minimum Gasteiger partial charge on any atom is -0.372 e. The summed E-state index contributed by atoms with van der Waals surface area (Å²) in [6.07, 6.45) is 0. The Kier molecular flexibility index (Phi) is 6.19. The summed E-state index contributed by atoms with van der Waals surface area (Å²) in [4.78, 5) is 0. The fraction of sp³-hybridized carbons (Fsp3) is 0.235. The second-order valence-corrected chi connectivity index (χ2v) is 5.09. The van der Waals surface area contributed by atoms with Gasteiger partial charge in [-0.2, -0.15) is 0 Å². The normalized spacial score (nSPS) is 10.1. The van der Waals surface area contributed by atoms with Crippen molar-refractivity contribution in [3.8, 4) is 0 Å². The SMILES string of the molecule is CNC(=S)NCc1ccccc1COCc1ccccc1. The zero-order valence-corrected chi connectivity index (χ0v) is 13.0. The molecule has 110 valence electrons. The number of nitrogens with one attached hydrogen (secondary N) is 2. The van der Waals surface area contributed by atoms with Crippen LogP contribution in [0.1, 0.15) is 16.7 Å². The summed E-state index contributed by atoms with van der Waals surface area (Å²) < 4.78 is 5.80. The molecule has 0 heterocycles. The summed E-state index contributed by atoms with van der Waals surface area (Å²) in [6.45, 7) is 1.92. The van der Waals surface area contributed by atoms with Crippen molar-refractivity contribution in [3.05, 3.63) is 71.3 Å². The second-order valence-electron chi connectivity index (χ2n) is 4.68. The number of rotatable bonds is 6. The second kappa shape index (κ2) is 8.39. The lowest BCUT2D eigenvalue weighted by molar-refractivity contribution is 0.106. The lowest BCUT2D eigenvalue weighted by atomic mass is 10.1. The largest absolute Gasteiger partial charge is 0.372 e. The number of benzene rings is 2. The Labute approximate surface area is 131 Å². The average Bonchev–Trinajstić information content (AvgIpc) is 2.54. The Morgan fingerprint density at radius 2 is 1.62 bits per heavy atom. The fourth-order valence-corrected chi connectivity index (χ4v) is 2.06. The van der Waals surface area contributed by atoms with Gasteiger partial charge in [0.1, 0.15) is 0 Å². The minimum atomic E-state index is 0.596. The first-order chi connectivity index (χ1) is 10.3. The molecule has 3 nitrogen and oxygen atoms in total. The Bertz CT molecular complexity index is 572. The predicted octanol–water partition coefficient (Wildman–Crippen LogP) is 3.00. The highest BCUT2D eigenvalue weighted by atomic mass is 32.1. The van der Waals surface area contributed by atoms with Gasteiger partial charge in [-0.05, 0) is 28.9 Å². The standard InChI is InChI=1S/C17H20N2OS/c1-18-17(21)19-11-15-9-5-6-10-16(15)13-20-12-14-7-3-2-4-8-14/h2-10H,11-13H2,1H3,(H2,18,19,21). The van der Waals surface area contributed by atoms with E-state index in [1.54, 1.807) is 0 Å². The van der Waals surface area contributed by atoms with Gasteiger partial charge in [0.05, 0.1) is 13.2 Å². The molecule has 2 aromatic carbocycles. The van der Waals surface area contributed by atoms with E-state index in [2.05, 4.69) is 34.9 Å². The minimum absolute atomic E-state index is 0.596. The van der Waals surface area contributed by atoms with E-state index in [4.69, 9.17) is 17.0 Å². The average molecular weight is 300 g/mol. The van der Waals surface area contributed by atoms with Crippen LogP contribution in [-0.2, 0) is 24.5 Å². The van der Waals surface area contributed by atoms with Crippen molar-refractivity contribution < 1.29 is 4.74 Å². The molecule has 0 saturated heterocycles. The molecule has 0 aliphatic carbocycles. The zero-order chi connectivity index (χ0) is 14.9. The molecule has 0 aliphatic rings. The Hall–Kier alpha value is -1.91. The van der Waals surface area contributed by atoms with E-state index >= 15 is 0 Å². The molecule has 0 radical (unpaired) electrons. The molecule has 4 heteroatoms. The van der Waals surface area contributed by atoms with Crippen LogP contribution in [-0.4, -0.2) is 12.2 Å². The molecule has 2 N–H and O–H groups in total. The van der Waals surface area contributed by atoms with Crippen molar-refractivity contribution in [2.45, 2.75) is 19.8 Å². The topological polar surface area (TPSA) is 33.3 Å². The van der Waals surface area contributed by atoms with Gasteiger partial charge >= 0.3 is 0 Å². The van der Waals surface area contributed by atoms with Gasteiger partial charge in [-0.25, -0.2) is 0 Å². The summed E-state index contributed by atoms with van der Waals surface area (Å²) in [7, 11) is 1.81. The number of thiocarbonyl (C=S) groups is 1. The number of hydrogen-bond donors (Lipinski definition) is 2. The summed E-state index contributed by atoms with van der Waals surface area (Å²) in [5.41, 5.74) is 3.56. The maximum Gasteiger partial charge on any atom is 0.166 e. The van der Waals surface area contributed by atoms with Crippen molar-refractivity contribution in [2.24, 2.45) is 0 Å². The summed E-state index contributed by atoms with van der Waals surface area (Å²) >= 11 is 5.10. The smallest absolute Gasteiger partial charge is 0.166 e. The highest BCUT2D eigenvalue weighted by Crippen LogP contribution is 2.11. The third-order valence-electron chi connectivity index (χ3n) is 3.15. The molecule has 0 saturated carbocycles. The van der Waals surface area contributed by atoms with E-state index in [1.807, 2.05) is 37.4 Å². The van der Waals surface area contributed by atoms with E-state index in [0.29, 0.717) is 24.9 Å². The molecular formula is C17H20N2OS. The number of ether oxygens (including phenoxy) is 1. The van der Waals surface area contributed by atoms with E-state index in [-0.39, 0.29) is 0 Å². The number of hydrogen-bond acceptors (Lipinski definition) is 2.